The first kappa shape index (κ1) is 57.6. The zero-order chi connectivity index (χ0) is 44.7. The number of aliphatic hydroxyl groups is 3. The summed E-state index contributed by atoms with van der Waals surface area (Å²) < 4.78 is 59.1. The van der Waals surface area contributed by atoms with Gasteiger partial charge in [-0.3, -0.25) is 9.35 Å². The van der Waals surface area contributed by atoms with Crippen LogP contribution in [0.1, 0.15) is 213 Å². The lowest BCUT2D eigenvalue weighted by molar-refractivity contribution is -0.301. The van der Waals surface area contributed by atoms with E-state index in [0.29, 0.717) is 13.0 Å². The summed E-state index contributed by atoms with van der Waals surface area (Å²) >= 11 is 0. The fourth-order valence-electron chi connectivity index (χ4n) is 7.54. The first-order chi connectivity index (χ1) is 29.6. The topological polar surface area (TPSA) is 178 Å². The monoisotopic (exact) mass is 891 g/mol. The SMILES string of the molecule is CCCCCCCC/C=C\CCCCCCCC(=O)OC(COCCCCCCCCCC/C=C\CCCCCCCCC)COC1OC(CO)C(O)C(OS(=O)(=O)O)C1O. The highest BCUT2D eigenvalue weighted by atomic mass is 32.3. The molecule has 1 aliphatic heterocycles. The minimum absolute atomic E-state index is 0.0332. The number of hydrogen-bond acceptors (Lipinski definition) is 11. The Morgan fingerprint density at radius 3 is 1.48 bits per heavy atom. The van der Waals surface area contributed by atoms with E-state index in [1.54, 1.807) is 0 Å². The number of hydrogen-bond donors (Lipinski definition) is 4. The van der Waals surface area contributed by atoms with E-state index in [1.807, 2.05) is 0 Å². The summed E-state index contributed by atoms with van der Waals surface area (Å²) in [7, 11) is -5.06. The predicted octanol–water partition coefficient (Wildman–Crippen LogP) is 10.8. The van der Waals surface area contributed by atoms with Gasteiger partial charge in [0.1, 0.15) is 30.5 Å². The van der Waals surface area contributed by atoms with Crippen molar-refractivity contribution in [1.29, 1.82) is 0 Å². The van der Waals surface area contributed by atoms with Gasteiger partial charge < -0.3 is 34.3 Å². The molecule has 0 radical (unpaired) electrons. The van der Waals surface area contributed by atoms with Crippen LogP contribution in [0, 0.1) is 0 Å². The zero-order valence-corrected chi connectivity index (χ0v) is 39.3. The Bertz CT molecular complexity index is 1170. The van der Waals surface area contributed by atoms with Gasteiger partial charge in [-0.15, -0.1) is 0 Å². The van der Waals surface area contributed by atoms with Gasteiger partial charge in [0.05, 0.1) is 19.8 Å². The summed E-state index contributed by atoms with van der Waals surface area (Å²) in [5.41, 5.74) is 0. The molecule has 1 saturated heterocycles. The molecule has 0 aromatic carbocycles. The lowest BCUT2D eigenvalue weighted by atomic mass is 9.99. The number of allylic oxidation sites excluding steroid dienone is 4. The molecule has 1 aliphatic rings. The minimum atomic E-state index is -5.06. The number of carbonyl (C=O) groups is 1. The zero-order valence-electron chi connectivity index (χ0n) is 38.5. The van der Waals surface area contributed by atoms with Crippen molar-refractivity contribution in [3.05, 3.63) is 24.3 Å². The summed E-state index contributed by atoms with van der Waals surface area (Å²) in [5, 5.41) is 30.7. The van der Waals surface area contributed by atoms with Gasteiger partial charge in [0.25, 0.3) is 0 Å². The fourth-order valence-corrected chi connectivity index (χ4v) is 8.05. The van der Waals surface area contributed by atoms with Crippen molar-refractivity contribution in [2.24, 2.45) is 0 Å². The number of rotatable bonds is 43. The molecule has 1 rings (SSSR count). The lowest BCUT2D eigenvalue weighted by Crippen LogP contribution is -2.60. The van der Waals surface area contributed by atoms with Crippen LogP contribution >= 0.6 is 0 Å². The van der Waals surface area contributed by atoms with Crippen LogP contribution in [-0.2, 0) is 38.3 Å². The summed E-state index contributed by atoms with van der Waals surface area (Å²) in [6.07, 6.45) is 36.4. The minimum Gasteiger partial charge on any atom is -0.457 e. The maximum atomic E-state index is 12.9. The molecule has 6 atom stereocenters. The normalized spacial score (nSPS) is 20.3. The van der Waals surface area contributed by atoms with Crippen molar-refractivity contribution in [3.8, 4) is 0 Å². The van der Waals surface area contributed by atoms with Crippen LogP contribution in [0.15, 0.2) is 24.3 Å². The largest absolute Gasteiger partial charge is 0.457 e. The van der Waals surface area contributed by atoms with Gasteiger partial charge >= 0.3 is 16.4 Å². The summed E-state index contributed by atoms with van der Waals surface area (Å²) in [6.45, 7) is 3.99. The Hall–Kier alpha value is -1.42. The molecule has 0 aromatic rings. The smallest absolute Gasteiger partial charge is 0.397 e. The van der Waals surface area contributed by atoms with Gasteiger partial charge in [-0.2, -0.15) is 8.42 Å². The van der Waals surface area contributed by atoms with Crippen LogP contribution in [0.5, 0.6) is 0 Å². The number of ether oxygens (including phenoxy) is 4. The molecule has 1 heterocycles. The highest BCUT2D eigenvalue weighted by Gasteiger charge is 2.48. The van der Waals surface area contributed by atoms with Crippen molar-refractivity contribution in [2.45, 2.75) is 250 Å². The molecule has 1 fully saturated rings. The van der Waals surface area contributed by atoms with Crippen molar-refractivity contribution in [1.82, 2.24) is 0 Å². The van der Waals surface area contributed by atoms with E-state index in [4.69, 9.17) is 18.9 Å². The maximum absolute atomic E-state index is 12.9. The van der Waals surface area contributed by atoms with Crippen molar-refractivity contribution < 1.29 is 56.2 Å². The van der Waals surface area contributed by atoms with Crippen LogP contribution in [0.3, 0.4) is 0 Å². The van der Waals surface area contributed by atoms with Crippen LogP contribution in [0.4, 0.5) is 0 Å². The molecule has 13 heteroatoms. The Morgan fingerprint density at radius 1 is 0.607 bits per heavy atom. The lowest BCUT2D eigenvalue weighted by Gasteiger charge is -2.41. The van der Waals surface area contributed by atoms with Gasteiger partial charge in [0, 0.05) is 13.0 Å². The van der Waals surface area contributed by atoms with E-state index in [1.165, 1.54) is 128 Å². The van der Waals surface area contributed by atoms with E-state index in [9.17, 15) is 33.1 Å². The quantitative estimate of drug-likeness (QED) is 0.0197. The number of unbranched alkanes of at least 4 members (excludes halogenated alkanes) is 26. The Balaban J connectivity index is 2.39. The number of esters is 1. The molecule has 0 bridgehead atoms. The third kappa shape index (κ3) is 33.7. The van der Waals surface area contributed by atoms with Crippen LogP contribution in [0.25, 0.3) is 0 Å². The third-order valence-corrected chi connectivity index (χ3v) is 11.8. The number of aliphatic hydroxyl groups excluding tert-OH is 3. The molecule has 0 spiro atoms. The van der Waals surface area contributed by atoms with E-state index in [-0.39, 0.29) is 19.6 Å². The van der Waals surface area contributed by atoms with E-state index in [0.717, 1.165) is 57.8 Å². The van der Waals surface area contributed by atoms with E-state index >= 15 is 0 Å². The molecular formula is C48H90O12S. The summed E-state index contributed by atoms with van der Waals surface area (Å²) in [6, 6.07) is 0. The van der Waals surface area contributed by atoms with Crippen LogP contribution in [-0.4, -0.2) is 97.5 Å². The first-order valence-corrected chi connectivity index (χ1v) is 26.0. The molecule has 6 unspecified atom stereocenters. The third-order valence-electron chi connectivity index (χ3n) is 11.3. The molecule has 360 valence electrons. The second-order valence-corrected chi connectivity index (χ2v) is 18.1. The molecule has 0 amide bonds. The fraction of sp³-hybridized carbons (Fsp3) is 0.896. The van der Waals surface area contributed by atoms with Crippen LogP contribution in [0.2, 0.25) is 0 Å². The van der Waals surface area contributed by atoms with Gasteiger partial charge in [-0.1, -0.05) is 167 Å². The highest BCUT2D eigenvalue weighted by Crippen LogP contribution is 2.26. The maximum Gasteiger partial charge on any atom is 0.397 e. The Labute approximate surface area is 371 Å². The van der Waals surface area contributed by atoms with Gasteiger partial charge in [0.2, 0.25) is 0 Å². The second-order valence-electron chi connectivity index (χ2n) is 17.0. The molecule has 61 heavy (non-hydrogen) atoms. The van der Waals surface area contributed by atoms with Crippen molar-refractivity contribution in [3.63, 3.8) is 0 Å². The molecule has 0 aliphatic carbocycles. The van der Waals surface area contributed by atoms with Crippen molar-refractivity contribution >= 4 is 16.4 Å². The standard InChI is InChI=1S/C48H90O12S/c1-3-5-7-9-11-13-15-17-19-20-21-22-24-26-28-30-32-34-36-38-56-40-42(41-57-48-46(52)47(60-61(53,54)55)45(51)43(39-49)59-48)58-44(50)37-35-33-31-29-27-25-23-18-16-14-12-10-8-6-4-2/h18-20,23,42-43,45-49,51-52H,3-17,21-22,24-41H2,1-2H3,(H,53,54,55)/b20-19-,23-18-. The van der Waals surface area contributed by atoms with Gasteiger partial charge in [-0.25, -0.2) is 4.18 Å². The average molecular weight is 891 g/mol. The van der Waals surface area contributed by atoms with E-state index < -0.39 is 59.8 Å². The number of carbonyl (C=O) groups excluding carboxylic acids is 1. The molecule has 4 N–H and O–H groups in total. The Morgan fingerprint density at radius 2 is 1.03 bits per heavy atom. The second kappa shape index (κ2) is 40.1. The van der Waals surface area contributed by atoms with Crippen LogP contribution < -0.4 is 0 Å². The predicted molar refractivity (Wildman–Crippen MR) is 244 cm³/mol. The molecular weight excluding hydrogens is 801 g/mol. The average Bonchev–Trinajstić information content (AvgIpc) is 3.23. The van der Waals surface area contributed by atoms with Crippen molar-refractivity contribution in [2.75, 3.05) is 26.4 Å². The first-order valence-electron chi connectivity index (χ1n) is 24.6. The summed E-state index contributed by atoms with van der Waals surface area (Å²) in [4.78, 5) is 12.9. The molecule has 0 aromatic heterocycles. The molecule has 0 saturated carbocycles. The van der Waals surface area contributed by atoms with E-state index in [2.05, 4.69) is 42.3 Å². The van der Waals surface area contributed by atoms with Gasteiger partial charge in [-0.05, 0) is 64.2 Å². The van der Waals surface area contributed by atoms with Gasteiger partial charge in [0.15, 0.2) is 6.29 Å². The molecule has 12 nitrogen and oxygen atoms in total. The summed E-state index contributed by atoms with van der Waals surface area (Å²) in [5.74, 6) is -0.407. The highest BCUT2D eigenvalue weighted by molar-refractivity contribution is 7.80. The Kier molecular flexibility index (Phi) is 37.9.